The Hall–Kier alpha value is -3.30. The number of aryl methyl sites for hydroxylation is 1. The first kappa shape index (κ1) is 23.4. The van der Waals surface area contributed by atoms with Gasteiger partial charge in [-0.15, -0.1) is 0 Å². The highest BCUT2D eigenvalue weighted by Crippen LogP contribution is 2.35. The largest absolute Gasteiger partial charge is 0.416 e. The van der Waals surface area contributed by atoms with Gasteiger partial charge in [0.1, 0.15) is 11.7 Å². The summed E-state index contributed by atoms with van der Waals surface area (Å²) in [5.41, 5.74) is 0.252. The second kappa shape index (κ2) is 9.05. The number of benzene rings is 2. The third-order valence-corrected chi connectivity index (χ3v) is 5.54. The summed E-state index contributed by atoms with van der Waals surface area (Å²) >= 11 is 0. The fourth-order valence-electron chi connectivity index (χ4n) is 3.90. The van der Waals surface area contributed by atoms with E-state index in [0.717, 1.165) is 23.4 Å². The van der Waals surface area contributed by atoms with Crippen LogP contribution in [-0.4, -0.2) is 47.4 Å². The Bertz CT molecular complexity index is 1010. The zero-order valence-electron chi connectivity index (χ0n) is 18.0. The molecule has 32 heavy (non-hydrogen) atoms. The fourth-order valence-corrected chi connectivity index (χ4v) is 3.90. The zero-order chi connectivity index (χ0) is 23.6. The monoisotopic (exact) mass is 450 g/mol. The molecule has 1 aliphatic heterocycles. The van der Waals surface area contributed by atoms with Crippen molar-refractivity contribution in [2.45, 2.75) is 39.0 Å². The standard InChI is InChI=1S/C22H25F3N4O3/c1-14-5-4-6-18(11-14)28-10-9-27(13-15(28)2)21(30)16(3)26-19-8-7-17(22(23,24)25)12-20(19)29(31)32/h4-8,11-12,15-16,26H,9-10,13H2,1-3H3/t15-,16-/m0/s1. The van der Waals surface area contributed by atoms with Gasteiger partial charge in [0, 0.05) is 37.4 Å². The number of nitro groups is 1. The van der Waals surface area contributed by atoms with E-state index in [1.165, 1.54) is 0 Å². The fraction of sp³-hybridized carbons (Fsp3) is 0.409. The van der Waals surface area contributed by atoms with Crippen molar-refractivity contribution in [1.82, 2.24) is 4.90 Å². The van der Waals surface area contributed by atoms with Gasteiger partial charge in [-0.1, -0.05) is 12.1 Å². The van der Waals surface area contributed by atoms with Crippen LogP contribution in [0.25, 0.3) is 0 Å². The van der Waals surface area contributed by atoms with Crippen LogP contribution in [0.4, 0.5) is 30.2 Å². The number of hydrogen-bond acceptors (Lipinski definition) is 5. The van der Waals surface area contributed by atoms with Crippen molar-refractivity contribution < 1.29 is 22.9 Å². The van der Waals surface area contributed by atoms with E-state index in [2.05, 4.69) is 16.3 Å². The van der Waals surface area contributed by atoms with Crippen LogP contribution in [0.3, 0.4) is 0 Å². The lowest BCUT2D eigenvalue weighted by atomic mass is 10.1. The van der Waals surface area contributed by atoms with E-state index in [-0.39, 0.29) is 17.6 Å². The Morgan fingerprint density at radius 2 is 1.94 bits per heavy atom. The average Bonchev–Trinajstić information content (AvgIpc) is 2.72. The smallest absolute Gasteiger partial charge is 0.368 e. The van der Waals surface area contributed by atoms with Crippen LogP contribution in [-0.2, 0) is 11.0 Å². The van der Waals surface area contributed by atoms with Gasteiger partial charge in [0.15, 0.2) is 0 Å². The second-order valence-corrected chi connectivity index (χ2v) is 8.02. The molecule has 10 heteroatoms. The van der Waals surface area contributed by atoms with E-state index in [1.807, 2.05) is 32.0 Å². The third kappa shape index (κ3) is 5.12. The molecule has 1 amide bonds. The lowest BCUT2D eigenvalue weighted by Crippen LogP contribution is -2.56. The Kier molecular flexibility index (Phi) is 6.61. The summed E-state index contributed by atoms with van der Waals surface area (Å²) < 4.78 is 38.7. The van der Waals surface area contributed by atoms with Crippen molar-refractivity contribution in [3.63, 3.8) is 0 Å². The summed E-state index contributed by atoms with van der Waals surface area (Å²) in [6.45, 7) is 7.14. The maximum absolute atomic E-state index is 12.9. The maximum Gasteiger partial charge on any atom is 0.416 e. The number of carbonyl (C=O) groups is 1. The summed E-state index contributed by atoms with van der Waals surface area (Å²) in [7, 11) is 0. The number of carbonyl (C=O) groups excluding carboxylic acids is 1. The van der Waals surface area contributed by atoms with E-state index in [1.54, 1.807) is 11.8 Å². The Morgan fingerprint density at radius 3 is 2.53 bits per heavy atom. The van der Waals surface area contributed by atoms with Crippen LogP contribution in [0.2, 0.25) is 0 Å². The SMILES string of the molecule is Cc1cccc(N2CCN(C(=O)[C@H](C)Nc3ccc(C(F)(F)F)cc3[N+](=O)[O-])C[C@@H]2C)c1. The number of piperazine rings is 1. The van der Waals surface area contributed by atoms with E-state index in [0.29, 0.717) is 25.7 Å². The van der Waals surface area contributed by atoms with Gasteiger partial charge in [-0.3, -0.25) is 14.9 Å². The Labute approximate surface area is 184 Å². The molecule has 3 rings (SSSR count). The van der Waals surface area contributed by atoms with Crippen LogP contribution >= 0.6 is 0 Å². The minimum Gasteiger partial charge on any atom is -0.368 e. The van der Waals surface area contributed by atoms with Gasteiger partial charge in [0.05, 0.1) is 10.5 Å². The molecule has 7 nitrogen and oxygen atoms in total. The molecular formula is C22H25F3N4O3. The normalized spacial score (nSPS) is 17.8. The van der Waals surface area contributed by atoms with Gasteiger partial charge in [-0.05, 0) is 50.6 Å². The van der Waals surface area contributed by atoms with Crippen molar-refractivity contribution in [3.8, 4) is 0 Å². The van der Waals surface area contributed by atoms with Crippen molar-refractivity contribution >= 4 is 23.0 Å². The Morgan fingerprint density at radius 1 is 1.22 bits per heavy atom. The number of anilines is 2. The molecule has 0 unspecified atom stereocenters. The maximum atomic E-state index is 12.9. The van der Waals surface area contributed by atoms with Crippen molar-refractivity contribution in [2.75, 3.05) is 29.9 Å². The summed E-state index contributed by atoms with van der Waals surface area (Å²) in [5.74, 6) is -0.269. The molecule has 0 aromatic heterocycles. The van der Waals surface area contributed by atoms with Gasteiger partial charge >= 0.3 is 6.18 Å². The number of halogens is 3. The molecule has 2 atom stereocenters. The lowest BCUT2D eigenvalue weighted by Gasteiger charge is -2.42. The number of hydrogen-bond donors (Lipinski definition) is 1. The molecule has 1 aliphatic rings. The molecular weight excluding hydrogens is 425 g/mol. The number of rotatable bonds is 5. The zero-order valence-corrected chi connectivity index (χ0v) is 18.0. The molecule has 1 saturated heterocycles. The van der Waals surface area contributed by atoms with Gasteiger partial charge < -0.3 is 15.1 Å². The van der Waals surface area contributed by atoms with Crippen molar-refractivity contribution in [3.05, 3.63) is 63.7 Å². The third-order valence-electron chi connectivity index (χ3n) is 5.54. The predicted octanol–water partition coefficient (Wildman–Crippen LogP) is 4.46. The molecule has 0 aliphatic carbocycles. The topological polar surface area (TPSA) is 78.7 Å². The molecule has 0 radical (unpaired) electrons. The molecule has 1 fully saturated rings. The minimum absolute atomic E-state index is 0.0575. The molecule has 0 bridgehead atoms. The highest BCUT2D eigenvalue weighted by molar-refractivity contribution is 5.85. The summed E-state index contributed by atoms with van der Waals surface area (Å²) in [5, 5.41) is 14.0. The Balaban J connectivity index is 1.70. The number of nitro benzene ring substituents is 1. The van der Waals surface area contributed by atoms with E-state index < -0.39 is 28.4 Å². The number of nitrogens with one attached hydrogen (secondary N) is 1. The highest BCUT2D eigenvalue weighted by atomic mass is 19.4. The minimum atomic E-state index is -4.70. The van der Waals surface area contributed by atoms with E-state index >= 15 is 0 Å². The van der Waals surface area contributed by atoms with E-state index in [4.69, 9.17) is 0 Å². The molecule has 0 spiro atoms. The van der Waals surface area contributed by atoms with Crippen LogP contribution < -0.4 is 10.2 Å². The second-order valence-electron chi connectivity index (χ2n) is 8.02. The highest BCUT2D eigenvalue weighted by Gasteiger charge is 2.34. The molecule has 2 aromatic rings. The number of nitrogens with zero attached hydrogens (tertiary/aromatic N) is 3. The van der Waals surface area contributed by atoms with Crippen molar-refractivity contribution in [1.29, 1.82) is 0 Å². The lowest BCUT2D eigenvalue weighted by molar-refractivity contribution is -0.384. The average molecular weight is 450 g/mol. The molecule has 1 N–H and O–H groups in total. The molecule has 172 valence electrons. The van der Waals surface area contributed by atoms with Gasteiger partial charge in [-0.25, -0.2) is 0 Å². The summed E-state index contributed by atoms with van der Waals surface area (Å²) in [4.78, 5) is 27.2. The predicted molar refractivity (Wildman–Crippen MR) is 116 cm³/mol. The van der Waals surface area contributed by atoms with Crippen LogP contribution in [0.1, 0.15) is 25.0 Å². The molecule has 0 saturated carbocycles. The molecule has 1 heterocycles. The van der Waals surface area contributed by atoms with Gasteiger partial charge in [0.25, 0.3) is 5.69 Å². The van der Waals surface area contributed by atoms with Crippen LogP contribution in [0, 0.1) is 17.0 Å². The van der Waals surface area contributed by atoms with Crippen molar-refractivity contribution in [2.24, 2.45) is 0 Å². The number of amides is 1. The summed E-state index contributed by atoms with van der Waals surface area (Å²) in [6.07, 6.45) is -4.70. The summed E-state index contributed by atoms with van der Waals surface area (Å²) in [6, 6.07) is 9.54. The first-order valence-corrected chi connectivity index (χ1v) is 10.2. The van der Waals surface area contributed by atoms with Gasteiger partial charge in [0.2, 0.25) is 5.91 Å². The molecule has 2 aromatic carbocycles. The first-order valence-electron chi connectivity index (χ1n) is 10.2. The van der Waals surface area contributed by atoms with Crippen LogP contribution in [0.5, 0.6) is 0 Å². The van der Waals surface area contributed by atoms with E-state index in [9.17, 15) is 28.1 Å². The van der Waals surface area contributed by atoms with Crippen LogP contribution in [0.15, 0.2) is 42.5 Å². The number of alkyl halides is 3. The quantitative estimate of drug-likeness (QED) is 0.538. The van der Waals surface area contributed by atoms with Gasteiger partial charge in [-0.2, -0.15) is 13.2 Å². The first-order chi connectivity index (χ1) is 15.0.